The van der Waals surface area contributed by atoms with Gasteiger partial charge in [-0.3, -0.25) is 14.4 Å². The Morgan fingerprint density at radius 2 is 1.85 bits per heavy atom. The summed E-state index contributed by atoms with van der Waals surface area (Å²) in [4.78, 5) is 42.9. The van der Waals surface area contributed by atoms with Gasteiger partial charge in [-0.25, -0.2) is 0 Å². The first-order chi connectivity index (χ1) is 13.0. The maximum atomic E-state index is 13.3. The van der Waals surface area contributed by atoms with Gasteiger partial charge < -0.3 is 15.1 Å². The number of hydrogen-bond donors (Lipinski definition) is 1. The zero-order valence-corrected chi connectivity index (χ0v) is 16.5. The van der Waals surface area contributed by atoms with Gasteiger partial charge in [0.25, 0.3) is 0 Å². The van der Waals surface area contributed by atoms with Crippen LogP contribution >= 0.6 is 11.8 Å². The Bertz CT molecular complexity index is 765. The fraction of sp³-hybridized carbons (Fsp3) is 0.550. The van der Waals surface area contributed by atoms with Crippen LogP contribution in [0.25, 0.3) is 0 Å². The highest BCUT2D eigenvalue weighted by atomic mass is 32.2. The summed E-state index contributed by atoms with van der Waals surface area (Å²) in [6.07, 6.45) is 4.54. The van der Waals surface area contributed by atoms with Crippen molar-refractivity contribution in [2.45, 2.75) is 49.3 Å². The quantitative estimate of drug-likeness (QED) is 0.820. The maximum absolute atomic E-state index is 13.3. The van der Waals surface area contributed by atoms with E-state index >= 15 is 0 Å². The monoisotopic (exact) mass is 387 g/mol. The van der Waals surface area contributed by atoms with Gasteiger partial charge in [0.2, 0.25) is 17.7 Å². The van der Waals surface area contributed by atoms with Gasteiger partial charge in [0, 0.05) is 13.5 Å². The third-order valence-electron chi connectivity index (χ3n) is 6.17. The molecule has 1 aromatic rings. The fourth-order valence-corrected chi connectivity index (χ4v) is 4.99. The van der Waals surface area contributed by atoms with Gasteiger partial charge in [0.15, 0.2) is 0 Å². The molecule has 1 aliphatic carbocycles. The maximum Gasteiger partial charge on any atom is 0.246 e. The molecule has 1 saturated carbocycles. The number of nitrogens with zero attached hydrogens (tertiary/aromatic N) is 2. The summed E-state index contributed by atoms with van der Waals surface area (Å²) in [7, 11) is 1.78. The van der Waals surface area contributed by atoms with Gasteiger partial charge in [0.1, 0.15) is 18.1 Å². The van der Waals surface area contributed by atoms with Gasteiger partial charge in [-0.1, -0.05) is 30.3 Å². The lowest BCUT2D eigenvalue weighted by Crippen LogP contribution is -2.77. The fourth-order valence-electron chi connectivity index (χ4n) is 4.52. The third-order valence-corrected chi connectivity index (χ3v) is 6.81. The Labute approximate surface area is 163 Å². The molecule has 7 heteroatoms. The van der Waals surface area contributed by atoms with E-state index in [0.717, 1.165) is 24.2 Å². The largest absolute Gasteiger partial charge is 0.342 e. The van der Waals surface area contributed by atoms with Gasteiger partial charge in [-0.15, -0.1) is 0 Å². The molecule has 0 aromatic heterocycles. The van der Waals surface area contributed by atoms with E-state index in [4.69, 9.17) is 0 Å². The molecule has 0 radical (unpaired) electrons. The lowest BCUT2D eigenvalue weighted by molar-refractivity contribution is -0.171. The summed E-state index contributed by atoms with van der Waals surface area (Å²) in [5.41, 5.74) is 0.475. The zero-order chi connectivity index (χ0) is 19.2. The average molecular weight is 388 g/mol. The number of amides is 3. The molecule has 1 aromatic carbocycles. The first kappa shape index (κ1) is 18.3. The number of piperazine rings is 2. The number of carbonyl (C=O) groups is 3. The highest BCUT2D eigenvalue weighted by Crippen LogP contribution is 2.50. The van der Waals surface area contributed by atoms with E-state index in [1.165, 1.54) is 0 Å². The minimum atomic E-state index is -0.621. The summed E-state index contributed by atoms with van der Waals surface area (Å²) < 4.78 is 0. The minimum Gasteiger partial charge on any atom is -0.342 e. The predicted octanol–water partition coefficient (Wildman–Crippen LogP) is 1.05. The number of thioether (sulfide) groups is 1. The first-order valence-electron chi connectivity index (χ1n) is 9.42. The van der Waals surface area contributed by atoms with Crippen molar-refractivity contribution in [1.29, 1.82) is 0 Å². The molecular formula is C20H25N3O3S. The van der Waals surface area contributed by atoms with E-state index in [1.54, 1.807) is 28.6 Å². The van der Waals surface area contributed by atoms with Crippen LogP contribution in [-0.4, -0.2) is 70.2 Å². The SMILES string of the molecule is CSCC[C@H]1NC(=O)[C@@H]2N(C1=O)[C@@H](Cc1ccccc1)C(=O)N(C)C21CC1. The molecule has 6 nitrogen and oxygen atoms in total. The van der Waals surface area contributed by atoms with E-state index < -0.39 is 23.7 Å². The smallest absolute Gasteiger partial charge is 0.246 e. The van der Waals surface area contributed by atoms with Gasteiger partial charge in [-0.05, 0) is 36.8 Å². The Morgan fingerprint density at radius 3 is 2.48 bits per heavy atom. The lowest BCUT2D eigenvalue weighted by atomic mass is 9.87. The van der Waals surface area contributed by atoms with Crippen LogP contribution in [0.4, 0.5) is 0 Å². The van der Waals surface area contributed by atoms with Crippen molar-refractivity contribution in [2.24, 2.45) is 0 Å². The molecule has 3 amide bonds. The third kappa shape index (κ3) is 2.92. The number of nitrogens with one attached hydrogen (secondary N) is 1. The van der Waals surface area contributed by atoms with Crippen molar-refractivity contribution >= 4 is 29.5 Å². The first-order valence-corrected chi connectivity index (χ1v) is 10.8. The molecule has 27 heavy (non-hydrogen) atoms. The molecule has 3 atom stereocenters. The van der Waals surface area contributed by atoms with Crippen molar-refractivity contribution in [1.82, 2.24) is 15.1 Å². The van der Waals surface area contributed by atoms with Crippen molar-refractivity contribution in [3.8, 4) is 0 Å². The molecule has 1 N–H and O–H groups in total. The zero-order valence-electron chi connectivity index (χ0n) is 15.7. The summed E-state index contributed by atoms with van der Waals surface area (Å²) in [5.74, 6) is 0.509. The number of hydrogen-bond acceptors (Lipinski definition) is 4. The highest BCUT2D eigenvalue weighted by Gasteiger charge is 2.67. The van der Waals surface area contributed by atoms with Crippen LogP contribution < -0.4 is 5.32 Å². The molecule has 0 unspecified atom stereocenters. The number of benzene rings is 1. The number of fused-ring (bicyclic) bond motifs is 2. The average Bonchev–Trinajstić information content (AvgIpc) is 3.46. The molecule has 2 heterocycles. The van der Waals surface area contributed by atoms with Crippen LogP contribution in [0.3, 0.4) is 0 Å². The molecule has 0 bridgehead atoms. The summed E-state index contributed by atoms with van der Waals surface area (Å²) in [6, 6.07) is 7.98. The van der Waals surface area contributed by atoms with E-state index in [1.807, 2.05) is 36.6 Å². The Hall–Kier alpha value is -2.02. The summed E-state index contributed by atoms with van der Waals surface area (Å²) in [6.45, 7) is 0. The normalized spacial score (nSPS) is 29.0. The second-order valence-electron chi connectivity index (χ2n) is 7.70. The molecule has 2 saturated heterocycles. The molecule has 3 aliphatic rings. The number of carbonyl (C=O) groups excluding carboxylic acids is 3. The number of rotatable bonds is 5. The van der Waals surface area contributed by atoms with Crippen LogP contribution in [0.5, 0.6) is 0 Å². The van der Waals surface area contributed by atoms with Crippen LogP contribution in [0, 0.1) is 0 Å². The van der Waals surface area contributed by atoms with Crippen molar-refractivity contribution in [3.05, 3.63) is 35.9 Å². The molecule has 144 valence electrons. The van der Waals surface area contributed by atoms with E-state index in [9.17, 15) is 14.4 Å². The van der Waals surface area contributed by atoms with Gasteiger partial charge >= 0.3 is 0 Å². The Morgan fingerprint density at radius 1 is 1.15 bits per heavy atom. The van der Waals surface area contributed by atoms with Crippen molar-refractivity contribution < 1.29 is 14.4 Å². The van der Waals surface area contributed by atoms with Crippen molar-refractivity contribution in [3.63, 3.8) is 0 Å². The summed E-state index contributed by atoms with van der Waals surface area (Å²) >= 11 is 1.65. The van der Waals surface area contributed by atoms with Gasteiger partial charge in [0.05, 0.1) is 5.54 Å². The minimum absolute atomic E-state index is 0.0562. The summed E-state index contributed by atoms with van der Waals surface area (Å²) in [5, 5.41) is 2.93. The van der Waals surface area contributed by atoms with Crippen LogP contribution in [0.15, 0.2) is 30.3 Å². The molecule has 3 fully saturated rings. The van der Waals surface area contributed by atoms with Crippen molar-refractivity contribution in [2.75, 3.05) is 19.1 Å². The topological polar surface area (TPSA) is 69.7 Å². The highest BCUT2D eigenvalue weighted by molar-refractivity contribution is 7.98. The van der Waals surface area contributed by atoms with E-state index in [-0.39, 0.29) is 17.7 Å². The van der Waals surface area contributed by atoms with Crippen LogP contribution in [-0.2, 0) is 20.8 Å². The Balaban J connectivity index is 1.70. The second kappa shape index (κ2) is 6.86. The van der Waals surface area contributed by atoms with Gasteiger partial charge in [-0.2, -0.15) is 11.8 Å². The Kier molecular flexibility index (Phi) is 4.66. The van der Waals surface area contributed by atoms with Crippen LogP contribution in [0.1, 0.15) is 24.8 Å². The number of likely N-dealkylation sites (N-methyl/N-ethyl adjacent to an activating group) is 1. The molecule has 2 aliphatic heterocycles. The van der Waals surface area contributed by atoms with E-state index in [2.05, 4.69) is 5.32 Å². The molecular weight excluding hydrogens is 362 g/mol. The molecule has 1 spiro atoms. The second-order valence-corrected chi connectivity index (χ2v) is 8.68. The van der Waals surface area contributed by atoms with Crippen LogP contribution in [0.2, 0.25) is 0 Å². The lowest BCUT2D eigenvalue weighted by Gasteiger charge is -2.53. The van der Waals surface area contributed by atoms with E-state index in [0.29, 0.717) is 12.8 Å². The predicted molar refractivity (Wildman–Crippen MR) is 104 cm³/mol. The molecule has 4 rings (SSSR count). The standard InChI is InChI=1S/C20H25N3O3S/c1-22-19(26)15(12-13-6-4-3-5-7-13)23-16(20(22)9-10-20)17(24)21-14(18(23)25)8-11-27-2/h3-7,14-16H,8-12H2,1-2H3,(H,21,24)/t14-,15+,16+/m1/s1.